The normalized spacial score (nSPS) is 13.8. The van der Waals surface area contributed by atoms with Gasteiger partial charge in [0, 0.05) is 31.3 Å². The van der Waals surface area contributed by atoms with E-state index in [0.717, 1.165) is 15.3 Å². The van der Waals surface area contributed by atoms with Gasteiger partial charge < -0.3 is 10.1 Å². The molecule has 2 aromatic carbocycles. The van der Waals surface area contributed by atoms with E-state index in [1.54, 1.807) is 56.6 Å². The minimum atomic E-state index is -0.302. The Hall–Kier alpha value is -3.46. The lowest BCUT2D eigenvalue weighted by Gasteiger charge is -2.18. The van der Waals surface area contributed by atoms with Crippen LogP contribution in [0.4, 0.5) is 21.3 Å². The molecule has 29 heavy (non-hydrogen) atoms. The van der Waals surface area contributed by atoms with E-state index in [2.05, 4.69) is 10.3 Å². The van der Waals surface area contributed by atoms with Crippen LogP contribution in [0.3, 0.4) is 0 Å². The van der Waals surface area contributed by atoms with E-state index in [9.17, 15) is 14.4 Å². The van der Waals surface area contributed by atoms with Crippen molar-refractivity contribution in [3.8, 4) is 5.75 Å². The highest BCUT2D eigenvalue weighted by molar-refractivity contribution is 7.22. The van der Waals surface area contributed by atoms with Gasteiger partial charge in [-0.3, -0.25) is 14.5 Å². The molecule has 1 aliphatic heterocycles. The lowest BCUT2D eigenvalue weighted by atomic mass is 10.3. The Morgan fingerprint density at radius 1 is 1.14 bits per heavy atom. The number of benzene rings is 2. The zero-order valence-corrected chi connectivity index (χ0v) is 16.7. The number of hydrogen-bond donors (Lipinski definition) is 1. The Morgan fingerprint density at radius 2 is 1.83 bits per heavy atom. The van der Waals surface area contributed by atoms with Gasteiger partial charge >= 0.3 is 6.03 Å². The van der Waals surface area contributed by atoms with Gasteiger partial charge in [-0.1, -0.05) is 11.3 Å². The van der Waals surface area contributed by atoms with Gasteiger partial charge in [0.2, 0.25) is 11.8 Å². The Labute approximate surface area is 170 Å². The molecule has 0 bridgehead atoms. The molecule has 0 saturated carbocycles. The second-order valence-corrected chi connectivity index (χ2v) is 7.50. The van der Waals surface area contributed by atoms with E-state index in [4.69, 9.17) is 4.74 Å². The first-order valence-corrected chi connectivity index (χ1v) is 9.73. The van der Waals surface area contributed by atoms with Crippen LogP contribution in [0.25, 0.3) is 10.2 Å². The molecule has 9 heteroatoms. The fourth-order valence-electron chi connectivity index (χ4n) is 3.01. The molecule has 4 amide bonds. The second kappa shape index (κ2) is 7.51. The van der Waals surface area contributed by atoms with Crippen molar-refractivity contribution in [1.82, 2.24) is 4.98 Å². The Morgan fingerprint density at radius 3 is 2.48 bits per heavy atom. The average Bonchev–Trinajstić information content (AvgIpc) is 3.29. The van der Waals surface area contributed by atoms with Gasteiger partial charge in [0.15, 0.2) is 5.13 Å². The molecule has 1 aromatic heterocycles. The summed E-state index contributed by atoms with van der Waals surface area (Å²) >= 11 is 1.25. The summed E-state index contributed by atoms with van der Waals surface area (Å²) in [6.45, 7) is 0. The van der Waals surface area contributed by atoms with E-state index in [1.165, 1.54) is 16.2 Å². The molecular weight excluding hydrogens is 392 g/mol. The number of anilines is 3. The van der Waals surface area contributed by atoms with Crippen LogP contribution in [0.5, 0.6) is 5.75 Å². The predicted octanol–water partition coefficient (Wildman–Crippen LogP) is 3.63. The third-order valence-electron chi connectivity index (χ3n) is 4.64. The van der Waals surface area contributed by atoms with Gasteiger partial charge in [0.05, 0.1) is 17.3 Å². The molecule has 0 radical (unpaired) electrons. The number of imide groups is 1. The number of thiazole rings is 1. The number of nitrogens with one attached hydrogen (secondary N) is 1. The highest BCUT2D eigenvalue weighted by Gasteiger charge is 2.32. The van der Waals surface area contributed by atoms with Crippen molar-refractivity contribution in [3.63, 3.8) is 0 Å². The third-order valence-corrected chi connectivity index (χ3v) is 5.64. The number of fused-ring (bicyclic) bond motifs is 1. The predicted molar refractivity (Wildman–Crippen MR) is 112 cm³/mol. The number of amides is 4. The highest BCUT2D eigenvalue weighted by atomic mass is 32.1. The molecule has 0 atom stereocenters. The van der Waals surface area contributed by atoms with Crippen molar-refractivity contribution in [2.24, 2.45) is 0 Å². The molecule has 1 aliphatic rings. The molecule has 8 nitrogen and oxygen atoms in total. The van der Waals surface area contributed by atoms with Crippen molar-refractivity contribution in [2.45, 2.75) is 12.8 Å². The highest BCUT2D eigenvalue weighted by Crippen LogP contribution is 2.33. The Balaban J connectivity index is 1.52. The first-order valence-electron chi connectivity index (χ1n) is 8.91. The van der Waals surface area contributed by atoms with Gasteiger partial charge in [-0.15, -0.1) is 0 Å². The number of ether oxygens (including phenoxy) is 1. The fraction of sp³-hybridized carbons (Fsp3) is 0.200. The zero-order valence-electron chi connectivity index (χ0n) is 15.8. The molecule has 4 rings (SSSR count). The van der Waals surface area contributed by atoms with Gasteiger partial charge in [0.25, 0.3) is 0 Å². The maximum absolute atomic E-state index is 12.6. The van der Waals surface area contributed by atoms with E-state index in [-0.39, 0.29) is 30.7 Å². The quantitative estimate of drug-likeness (QED) is 0.663. The van der Waals surface area contributed by atoms with Gasteiger partial charge in [-0.05, 0) is 42.5 Å². The number of carbonyl (C=O) groups excluding carboxylic acids is 3. The summed E-state index contributed by atoms with van der Waals surface area (Å²) < 4.78 is 5.90. The maximum atomic E-state index is 12.6. The minimum Gasteiger partial charge on any atom is -0.497 e. The number of nitrogens with zero attached hydrogens (tertiary/aromatic N) is 3. The van der Waals surface area contributed by atoms with Crippen LogP contribution in [-0.2, 0) is 9.59 Å². The lowest BCUT2D eigenvalue weighted by Crippen LogP contribution is -2.31. The Kier molecular flexibility index (Phi) is 4.89. The number of urea groups is 1. The zero-order chi connectivity index (χ0) is 20.5. The number of hydrogen-bond acceptors (Lipinski definition) is 6. The van der Waals surface area contributed by atoms with Crippen molar-refractivity contribution in [2.75, 3.05) is 29.3 Å². The van der Waals surface area contributed by atoms with Crippen molar-refractivity contribution in [3.05, 3.63) is 42.5 Å². The molecule has 3 aromatic rings. The van der Waals surface area contributed by atoms with Crippen LogP contribution in [0, 0.1) is 0 Å². The summed E-state index contributed by atoms with van der Waals surface area (Å²) in [5.74, 6) is 0.247. The smallest absolute Gasteiger partial charge is 0.326 e. The fourth-order valence-corrected chi connectivity index (χ4v) is 4.05. The summed E-state index contributed by atoms with van der Waals surface area (Å²) in [5, 5.41) is 3.21. The molecule has 2 heterocycles. The van der Waals surface area contributed by atoms with E-state index in [0.29, 0.717) is 22.1 Å². The Bertz CT molecular complexity index is 1090. The molecule has 0 unspecified atom stereocenters. The standard InChI is InChI=1S/C20H18N4O4S/c1-23(13-4-6-14(28-2)7-5-13)19(27)21-12-3-8-15-16(11-12)29-20(22-15)24-17(25)9-10-18(24)26/h3-8,11H,9-10H2,1-2H3,(H,21,27). The largest absolute Gasteiger partial charge is 0.497 e. The van der Waals surface area contributed by atoms with E-state index in [1.807, 2.05) is 0 Å². The molecule has 1 saturated heterocycles. The first-order chi connectivity index (χ1) is 14.0. The van der Waals surface area contributed by atoms with Crippen LogP contribution in [0.1, 0.15) is 12.8 Å². The van der Waals surface area contributed by atoms with Crippen molar-refractivity contribution in [1.29, 1.82) is 0 Å². The van der Waals surface area contributed by atoms with E-state index < -0.39 is 0 Å². The number of rotatable bonds is 4. The molecule has 1 N–H and O–H groups in total. The lowest BCUT2D eigenvalue weighted by molar-refractivity contribution is -0.121. The third kappa shape index (κ3) is 3.64. The van der Waals surface area contributed by atoms with E-state index >= 15 is 0 Å². The van der Waals surface area contributed by atoms with Crippen LogP contribution in [-0.4, -0.2) is 37.0 Å². The number of methoxy groups -OCH3 is 1. The SMILES string of the molecule is COc1ccc(N(C)C(=O)Nc2ccc3nc(N4C(=O)CCC4=O)sc3c2)cc1. The monoisotopic (exact) mass is 410 g/mol. The number of carbonyl (C=O) groups is 3. The van der Waals surface area contributed by atoms with Crippen LogP contribution < -0.4 is 19.9 Å². The molecule has 0 aliphatic carbocycles. The summed E-state index contributed by atoms with van der Waals surface area (Å²) in [4.78, 5) is 43.4. The summed E-state index contributed by atoms with van der Waals surface area (Å²) in [6, 6.07) is 12.1. The van der Waals surface area contributed by atoms with Gasteiger partial charge in [-0.25, -0.2) is 14.7 Å². The minimum absolute atomic E-state index is 0.216. The van der Waals surface area contributed by atoms with Crippen molar-refractivity contribution >= 4 is 55.9 Å². The van der Waals surface area contributed by atoms with Gasteiger partial charge in [0.1, 0.15) is 5.75 Å². The maximum Gasteiger partial charge on any atom is 0.326 e. The summed E-state index contributed by atoms with van der Waals surface area (Å²) in [6.07, 6.45) is 0.432. The number of aromatic nitrogens is 1. The molecular formula is C20H18N4O4S. The van der Waals surface area contributed by atoms with Crippen LogP contribution >= 0.6 is 11.3 Å². The molecule has 1 fully saturated rings. The van der Waals surface area contributed by atoms with Gasteiger partial charge in [-0.2, -0.15) is 0 Å². The van der Waals surface area contributed by atoms with Crippen LogP contribution in [0.2, 0.25) is 0 Å². The molecule has 0 spiro atoms. The first kappa shape index (κ1) is 18.9. The summed E-state index contributed by atoms with van der Waals surface area (Å²) in [7, 11) is 3.26. The second-order valence-electron chi connectivity index (χ2n) is 6.49. The van der Waals surface area contributed by atoms with Crippen molar-refractivity contribution < 1.29 is 19.1 Å². The topological polar surface area (TPSA) is 91.8 Å². The summed E-state index contributed by atoms with van der Waals surface area (Å²) in [5.41, 5.74) is 1.98. The molecule has 148 valence electrons. The van der Waals surface area contributed by atoms with Crippen LogP contribution in [0.15, 0.2) is 42.5 Å². The average molecular weight is 410 g/mol.